The Bertz CT molecular complexity index is 408. The van der Waals surface area contributed by atoms with E-state index >= 15 is 0 Å². The van der Waals surface area contributed by atoms with Gasteiger partial charge in [0.15, 0.2) is 12.4 Å². The van der Waals surface area contributed by atoms with Crippen molar-refractivity contribution in [2.75, 3.05) is 13.2 Å². The van der Waals surface area contributed by atoms with Gasteiger partial charge < -0.3 is 56.1 Å². The lowest BCUT2D eigenvalue weighted by Crippen LogP contribution is -2.59. The zero-order valence-electron chi connectivity index (χ0n) is 12.5. The molecule has 0 aromatic heterocycles. The number of carbonyl (C=O) groups excluding carboxylic acids is 1. The van der Waals surface area contributed by atoms with Gasteiger partial charge in [-0.25, -0.2) is 0 Å². The van der Waals surface area contributed by atoms with E-state index in [4.69, 9.17) is 20.3 Å². The normalized spacial score (nSPS) is 35.9. The first-order chi connectivity index (χ1) is 11.1. The van der Waals surface area contributed by atoms with Crippen molar-refractivity contribution in [3.05, 3.63) is 0 Å². The molecular formula is C12H23NO11. The van der Waals surface area contributed by atoms with Crippen molar-refractivity contribution in [3.63, 3.8) is 0 Å². The zero-order chi connectivity index (χ0) is 18.6. The van der Waals surface area contributed by atoms with Gasteiger partial charge in [-0.15, -0.1) is 0 Å². The van der Waals surface area contributed by atoms with E-state index in [9.17, 15) is 40.5 Å². The number of primary amides is 1. The molecular weight excluding hydrogens is 334 g/mol. The van der Waals surface area contributed by atoms with Crippen molar-refractivity contribution in [1.29, 1.82) is 0 Å². The van der Waals surface area contributed by atoms with Crippen LogP contribution in [0.2, 0.25) is 0 Å². The molecule has 0 aromatic carbocycles. The molecule has 0 saturated carbocycles. The summed E-state index contributed by atoms with van der Waals surface area (Å²) < 4.78 is 9.94. The Morgan fingerprint density at radius 1 is 1.04 bits per heavy atom. The number of rotatable bonds is 8. The Morgan fingerprint density at radius 2 is 1.62 bits per heavy atom. The highest BCUT2D eigenvalue weighted by Gasteiger charge is 2.44. The van der Waals surface area contributed by atoms with E-state index in [1.165, 1.54) is 0 Å². The smallest absolute Gasteiger partial charge is 0.249 e. The van der Waals surface area contributed by atoms with Crippen LogP contribution < -0.4 is 5.73 Å². The molecule has 24 heavy (non-hydrogen) atoms. The summed E-state index contributed by atoms with van der Waals surface area (Å²) in [6.07, 6.45) is -15.8. The molecule has 12 heteroatoms. The minimum atomic E-state index is -2.12. The third kappa shape index (κ3) is 4.80. The molecule has 0 radical (unpaired) electrons. The molecule has 0 unspecified atom stereocenters. The highest BCUT2D eigenvalue weighted by Crippen LogP contribution is 2.22. The summed E-state index contributed by atoms with van der Waals surface area (Å²) in [5.74, 6) is -1.32. The quantitative estimate of drug-likeness (QED) is 0.198. The number of ether oxygens (including phenoxy) is 2. The summed E-state index contributed by atoms with van der Waals surface area (Å²) in [5, 5.41) is 75.8. The largest absolute Gasteiger partial charge is 0.394 e. The maximum Gasteiger partial charge on any atom is 0.249 e. The summed E-state index contributed by atoms with van der Waals surface area (Å²) in [6.45, 7) is -1.42. The maximum atomic E-state index is 10.7. The Labute approximate surface area is 136 Å². The van der Waals surface area contributed by atoms with Gasteiger partial charge in [-0.2, -0.15) is 0 Å². The lowest BCUT2D eigenvalue weighted by molar-refractivity contribution is -0.306. The van der Waals surface area contributed by atoms with E-state index in [-0.39, 0.29) is 0 Å². The minimum absolute atomic E-state index is 0.681. The zero-order valence-corrected chi connectivity index (χ0v) is 12.5. The lowest BCUT2D eigenvalue weighted by Gasteiger charge is -2.40. The molecule has 1 heterocycles. The van der Waals surface area contributed by atoms with Crippen LogP contribution >= 0.6 is 0 Å². The molecule has 0 aliphatic carbocycles. The van der Waals surface area contributed by atoms with Gasteiger partial charge in [-0.3, -0.25) is 4.79 Å². The molecule has 142 valence electrons. The average molecular weight is 357 g/mol. The molecule has 1 amide bonds. The topological polar surface area (TPSA) is 223 Å². The van der Waals surface area contributed by atoms with Crippen LogP contribution in [-0.4, -0.2) is 115 Å². The van der Waals surface area contributed by atoms with Crippen molar-refractivity contribution in [3.8, 4) is 0 Å². The monoisotopic (exact) mass is 357 g/mol. The summed E-state index contributed by atoms with van der Waals surface area (Å²) in [6, 6.07) is 0. The molecule has 1 fully saturated rings. The highest BCUT2D eigenvalue weighted by molar-refractivity contribution is 5.79. The fourth-order valence-electron chi connectivity index (χ4n) is 2.08. The van der Waals surface area contributed by atoms with Gasteiger partial charge in [0.25, 0.3) is 0 Å². The summed E-state index contributed by atoms with van der Waals surface area (Å²) in [7, 11) is 0. The van der Waals surface area contributed by atoms with Crippen LogP contribution in [0, 0.1) is 0 Å². The summed E-state index contributed by atoms with van der Waals surface area (Å²) in [4.78, 5) is 10.7. The number of amides is 1. The van der Waals surface area contributed by atoms with Crippen LogP contribution in [0.1, 0.15) is 0 Å². The van der Waals surface area contributed by atoms with Gasteiger partial charge in [0.05, 0.1) is 13.2 Å². The van der Waals surface area contributed by atoms with Crippen molar-refractivity contribution in [2.24, 2.45) is 5.73 Å². The van der Waals surface area contributed by atoms with E-state index in [0.717, 1.165) is 0 Å². The highest BCUT2D eigenvalue weighted by atomic mass is 16.7. The van der Waals surface area contributed by atoms with Crippen molar-refractivity contribution in [1.82, 2.24) is 0 Å². The second-order valence-corrected chi connectivity index (χ2v) is 5.43. The first-order valence-corrected chi connectivity index (χ1v) is 7.05. The molecule has 1 rings (SSSR count). The molecule has 10 N–H and O–H groups in total. The third-order valence-electron chi connectivity index (χ3n) is 3.64. The Balaban J connectivity index is 2.59. The summed E-state index contributed by atoms with van der Waals surface area (Å²) >= 11 is 0. The first kappa shape index (κ1) is 21.1. The van der Waals surface area contributed by atoms with Crippen molar-refractivity contribution >= 4 is 5.91 Å². The van der Waals surface area contributed by atoms with Crippen LogP contribution in [0.4, 0.5) is 0 Å². The number of aliphatic hydroxyl groups excluding tert-OH is 8. The van der Waals surface area contributed by atoms with Gasteiger partial charge in [-0.05, 0) is 0 Å². The van der Waals surface area contributed by atoms with Crippen molar-refractivity contribution in [2.45, 2.75) is 55.1 Å². The van der Waals surface area contributed by atoms with E-state index in [0.29, 0.717) is 0 Å². The number of hydrogen-bond donors (Lipinski definition) is 9. The van der Waals surface area contributed by atoms with E-state index in [2.05, 4.69) is 0 Å². The Hall–Kier alpha value is -0.930. The maximum absolute atomic E-state index is 10.7. The second-order valence-electron chi connectivity index (χ2n) is 5.43. The van der Waals surface area contributed by atoms with Gasteiger partial charge in [0, 0.05) is 0 Å². The van der Waals surface area contributed by atoms with Gasteiger partial charge >= 0.3 is 0 Å². The summed E-state index contributed by atoms with van der Waals surface area (Å²) in [5.41, 5.74) is 4.74. The number of hydrogen-bond acceptors (Lipinski definition) is 11. The van der Waals surface area contributed by atoms with Crippen LogP contribution in [0.15, 0.2) is 0 Å². The molecule has 0 aromatic rings. The van der Waals surface area contributed by atoms with E-state index in [1.807, 2.05) is 0 Å². The predicted molar refractivity (Wildman–Crippen MR) is 72.9 cm³/mol. The fourth-order valence-corrected chi connectivity index (χ4v) is 2.08. The van der Waals surface area contributed by atoms with Crippen LogP contribution in [0.3, 0.4) is 0 Å². The molecule has 1 saturated heterocycles. The lowest BCUT2D eigenvalue weighted by atomic mass is 9.99. The molecule has 9 atom stereocenters. The molecule has 12 nitrogen and oxygen atoms in total. The molecule has 1 aliphatic rings. The fraction of sp³-hybridized carbons (Fsp3) is 0.917. The average Bonchev–Trinajstić information content (AvgIpc) is 2.56. The van der Waals surface area contributed by atoms with Crippen molar-refractivity contribution < 1.29 is 55.1 Å². The van der Waals surface area contributed by atoms with E-state index < -0.39 is 74.2 Å². The molecule has 0 bridgehead atoms. The van der Waals surface area contributed by atoms with Gasteiger partial charge in [-0.1, -0.05) is 0 Å². The number of carbonyl (C=O) groups is 1. The molecule has 0 spiro atoms. The second kappa shape index (κ2) is 8.96. The van der Waals surface area contributed by atoms with E-state index in [1.54, 1.807) is 0 Å². The van der Waals surface area contributed by atoms with Crippen LogP contribution in [0.25, 0.3) is 0 Å². The number of aliphatic hydroxyl groups is 8. The minimum Gasteiger partial charge on any atom is -0.394 e. The van der Waals surface area contributed by atoms with Gasteiger partial charge in [0.2, 0.25) is 5.91 Å². The number of nitrogens with two attached hydrogens (primary N) is 1. The van der Waals surface area contributed by atoms with Crippen LogP contribution in [0.5, 0.6) is 0 Å². The molecule has 1 aliphatic heterocycles. The SMILES string of the molecule is NC(=O)[C@H](O)[C@@H](O)[C@H](O)[C@H](O)CO[C@@H]1O[C@H](CO)[C@H](O)[C@H](O)[C@H]1O. The first-order valence-electron chi connectivity index (χ1n) is 7.05. The Kier molecular flexibility index (Phi) is 7.88. The van der Waals surface area contributed by atoms with Crippen LogP contribution in [-0.2, 0) is 14.3 Å². The third-order valence-corrected chi connectivity index (χ3v) is 3.64. The van der Waals surface area contributed by atoms with Gasteiger partial charge in [0.1, 0.15) is 42.7 Å². The standard InChI is InChI=1S/C12H23NO11/c13-11(22)9(20)7(18)5(16)3(15)2-23-12-10(21)8(19)6(17)4(1-14)24-12/h3-10,12,14-21H,1-2H2,(H2,13,22)/t3-,4-,5-,6+,7+,8+,9-,10-,12-/m1/s1. The predicted octanol–water partition coefficient (Wildman–Crippen LogP) is -6.27. The Morgan fingerprint density at radius 3 is 2.12 bits per heavy atom.